The van der Waals surface area contributed by atoms with Gasteiger partial charge in [0.15, 0.2) is 11.2 Å². The molecule has 3 saturated heterocycles. The number of hydrogen-bond donors (Lipinski definition) is 4. The molecule has 11 heteroatoms. The zero-order chi connectivity index (χ0) is 46.7. The van der Waals surface area contributed by atoms with Crippen LogP contribution < -0.4 is 4.90 Å². The van der Waals surface area contributed by atoms with E-state index in [1.165, 1.54) is 16.7 Å². The van der Waals surface area contributed by atoms with Gasteiger partial charge in [-0.15, -0.1) is 0 Å². The van der Waals surface area contributed by atoms with E-state index in [-0.39, 0.29) is 54.2 Å². The number of fused-ring (bicyclic) bond motifs is 2. The van der Waals surface area contributed by atoms with Crippen molar-refractivity contribution in [2.24, 2.45) is 0 Å². The number of anilines is 1. The van der Waals surface area contributed by atoms with E-state index in [0.717, 1.165) is 77.9 Å². The third-order valence-electron chi connectivity index (χ3n) is 15.1. The number of benzene rings is 5. The van der Waals surface area contributed by atoms with Crippen LogP contribution in [0.3, 0.4) is 0 Å². The minimum absolute atomic E-state index is 0.0155. The molecule has 0 saturated carbocycles. The van der Waals surface area contributed by atoms with Crippen LogP contribution in [0.2, 0.25) is 0 Å². The van der Waals surface area contributed by atoms with E-state index in [0.29, 0.717) is 24.2 Å². The van der Waals surface area contributed by atoms with Crippen molar-refractivity contribution in [3.8, 4) is 0 Å². The Labute approximate surface area is 393 Å². The number of carbonyl (C=O) groups excluding carboxylic acids is 2. The molecule has 1 unspecified atom stereocenters. The molecule has 0 aliphatic carbocycles. The molecule has 3 aliphatic heterocycles. The highest BCUT2D eigenvalue weighted by Gasteiger charge is 2.46. The summed E-state index contributed by atoms with van der Waals surface area (Å²) in [4.78, 5) is 52.0. The molecule has 2 amide bonds. The molecule has 7 aromatic rings. The van der Waals surface area contributed by atoms with Crippen molar-refractivity contribution in [1.82, 2.24) is 29.7 Å². The zero-order valence-corrected chi connectivity index (χ0v) is 39.4. The Morgan fingerprint density at radius 1 is 0.567 bits per heavy atom. The molecule has 5 heterocycles. The number of H-pyrrole nitrogens is 2. The van der Waals surface area contributed by atoms with Crippen LogP contribution in [-0.2, 0) is 26.2 Å². The Balaban J connectivity index is 0.950. The van der Waals surface area contributed by atoms with E-state index in [2.05, 4.69) is 96.3 Å². The van der Waals surface area contributed by atoms with Gasteiger partial charge in [0.05, 0.1) is 46.2 Å². The number of hydrogen-bond acceptors (Lipinski definition) is 7. The number of aromatic amines is 2. The first-order chi connectivity index (χ1) is 32.3. The lowest BCUT2D eigenvalue weighted by Crippen LogP contribution is -2.46. The van der Waals surface area contributed by atoms with Crippen molar-refractivity contribution in [3.05, 3.63) is 161 Å². The molecule has 11 nitrogen and oxygen atoms in total. The summed E-state index contributed by atoms with van der Waals surface area (Å²) < 4.78 is 0. The van der Waals surface area contributed by atoms with Crippen LogP contribution in [0.4, 0.5) is 5.69 Å². The summed E-state index contributed by atoms with van der Waals surface area (Å²) >= 11 is 0. The largest absolute Gasteiger partial charge is 0.375 e. The SMILES string of the molecule is CC[C@](O)(C(=O)N1CCC[C@H]1c1nc2ccc(C3CC[C@H](c4ccc5nc([C@@H]6CCCN6C(=O)[C@@](O)(CC)c6ccccc6)[nH]c5c4)N3c3ccc(C(C)(C)C)cc3)cc2[nH]1)c1ccccc1. The average Bonchev–Trinajstić information content (AvgIpc) is 4.22. The van der Waals surface area contributed by atoms with Gasteiger partial charge in [-0.2, -0.15) is 0 Å². The van der Waals surface area contributed by atoms with Gasteiger partial charge < -0.3 is 34.9 Å². The lowest BCUT2D eigenvalue weighted by atomic mass is 9.87. The fourth-order valence-corrected chi connectivity index (χ4v) is 11.2. The fourth-order valence-electron chi connectivity index (χ4n) is 11.2. The van der Waals surface area contributed by atoms with Gasteiger partial charge in [0.25, 0.3) is 11.8 Å². The summed E-state index contributed by atoms with van der Waals surface area (Å²) in [6, 6.07) is 40.3. The zero-order valence-electron chi connectivity index (χ0n) is 39.4. The maximum absolute atomic E-state index is 14.2. The molecule has 67 heavy (non-hydrogen) atoms. The second kappa shape index (κ2) is 17.4. The van der Waals surface area contributed by atoms with Gasteiger partial charge in [0.1, 0.15) is 11.6 Å². The molecule has 3 aliphatic rings. The van der Waals surface area contributed by atoms with E-state index in [9.17, 15) is 19.8 Å². The third-order valence-corrected chi connectivity index (χ3v) is 15.1. The Hall–Kier alpha value is -6.30. The Morgan fingerprint density at radius 2 is 1.00 bits per heavy atom. The normalized spacial score (nSPS) is 21.9. The number of amides is 2. The topological polar surface area (TPSA) is 142 Å². The standard InChI is InChI=1S/C56H63N7O4/c1-6-55(66,39-16-10-8-11-17-39)52(64)61-32-14-20-48(61)50-57-42-28-22-36(34-44(42)59-50)46-30-31-47(63(46)41-26-24-38(25-27-41)54(3,4)5)37-23-29-43-45(35-37)60-51(58-43)49-21-15-33-62(49)53(65)56(67,7-2)40-18-12-9-13-19-40/h8-13,16-19,22-29,34-35,46-49,66-67H,6-7,14-15,20-21,30-33H2,1-5H3,(H,57,59)(H,58,60)/t46-,47?,48+,49+,55-,56-/m1/s1. The first-order valence-electron chi connectivity index (χ1n) is 24.4. The molecule has 5 aromatic carbocycles. The fraction of sp³-hybridized carbons (Fsp3) is 0.393. The summed E-state index contributed by atoms with van der Waals surface area (Å²) in [6.07, 6.45) is 5.63. The second-order valence-electron chi connectivity index (χ2n) is 20.1. The van der Waals surface area contributed by atoms with Crippen LogP contribution >= 0.6 is 0 Å². The van der Waals surface area contributed by atoms with Gasteiger partial charge in [-0.25, -0.2) is 9.97 Å². The average molecular weight is 898 g/mol. The first-order valence-corrected chi connectivity index (χ1v) is 24.4. The van der Waals surface area contributed by atoms with E-state index >= 15 is 0 Å². The van der Waals surface area contributed by atoms with Crippen molar-refractivity contribution >= 4 is 39.6 Å². The van der Waals surface area contributed by atoms with E-state index in [1.54, 1.807) is 0 Å². The minimum Gasteiger partial charge on any atom is -0.375 e. The van der Waals surface area contributed by atoms with Gasteiger partial charge in [0, 0.05) is 18.8 Å². The van der Waals surface area contributed by atoms with Gasteiger partial charge in [-0.3, -0.25) is 9.59 Å². The maximum Gasteiger partial charge on any atom is 0.259 e. The van der Waals surface area contributed by atoms with Gasteiger partial charge in [-0.1, -0.05) is 120 Å². The molecule has 4 N–H and O–H groups in total. The number of likely N-dealkylation sites (tertiary alicyclic amines) is 2. The number of nitrogens with one attached hydrogen (secondary N) is 2. The van der Waals surface area contributed by atoms with Crippen LogP contribution in [0.5, 0.6) is 0 Å². The van der Waals surface area contributed by atoms with E-state index in [1.807, 2.05) is 84.3 Å². The number of rotatable bonds is 11. The highest BCUT2D eigenvalue weighted by atomic mass is 16.3. The molecular weight excluding hydrogens is 835 g/mol. The second-order valence-corrected chi connectivity index (χ2v) is 20.1. The van der Waals surface area contributed by atoms with Crippen LogP contribution in [0.1, 0.15) is 150 Å². The van der Waals surface area contributed by atoms with Crippen LogP contribution in [0, 0.1) is 0 Å². The quantitative estimate of drug-likeness (QED) is 0.101. The summed E-state index contributed by atoms with van der Waals surface area (Å²) in [5, 5.41) is 23.6. The summed E-state index contributed by atoms with van der Waals surface area (Å²) in [5.74, 6) is 0.938. The Morgan fingerprint density at radius 3 is 1.40 bits per heavy atom. The van der Waals surface area contributed by atoms with Gasteiger partial charge in [0.2, 0.25) is 0 Å². The number of nitrogens with zero attached hydrogens (tertiary/aromatic N) is 5. The molecule has 6 atom stereocenters. The van der Waals surface area contributed by atoms with Crippen molar-refractivity contribution in [1.29, 1.82) is 0 Å². The number of carbonyl (C=O) groups is 2. The number of imidazole rings is 2. The van der Waals surface area contributed by atoms with Crippen LogP contribution in [-0.4, -0.2) is 64.9 Å². The minimum atomic E-state index is -1.61. The van der Waals surface area contributed by atoms with E-state index in [4.69, 9.17) is 9.97 Å². The maximum atomic E-state index is 14.2. The molecule has 10 rings (SSSR count). The smallest absolute Gasteiger partial charge is 0.259 e. The predicted molar refractivity (Wildman–Crippen MR) is 263 cm³/mol. The lowest BCUT2D eigenvalue weighted by molar-refractivity contribution is -0.154. The Bertz CT molecular complexity index is 2740. The molecule has 3 fully saturated rings. The molecule has 2 aromatic heterocycles. The lowest BCUT2D eigenvalue weighted by Gasteiger charge is -2.34. The van der Waals surface area contributed by atoms with Crippen LogP contribution in [0.25, 0.3) is 22.1 Å². The highest BCUT2D eigenvalue weighted by molar-refractivity contribution is 5.88. The van der Waals surface area contributed by atoms with E-state index < -0.39 is 11.2 Å². The highest BCUT2D eigenvalue weighted by Crippen LogP contribution is 2.48. The predicted octanol–water partition coefficient (Wildman–Crippen LogP) is 10.7. The molecule has 346 valence electrons. The summed E-state index contributed by atoms with van der Waals surface area (Å²) in [6.45, 7) is 11.6. The number of aromatic nitrogens is 4. The Kier molecular flexibility index (Phi) is 11.6. The van der Waals surface area contributed by atoms with Crippen molar-refractivity contribution in [2.45, 2.75) is 127 Å². The van der Waals surface area contributed by atoms with Crippen LogP contribution in [0.15, 0.2) is 121 Å². The van der Waals surface area contributed by atoms with Gasteiger partial charge >= 0.3 is 0 Å². The van der Waals surface area contributed by atoms with Crippen molar-refractivity contribution < 1.29 is 19.8 Å². The molecular formula is C56H63N7O4. The van der Waals surface area contributed by atoms with Gasteiger partial charge in [-0.05, 0) is 121 Å². The monoisotopic (exact) mass is 897 g/mol. The molecule has 0 bridgehead atoms. The molecule has 0 radical (unpaired) electrons. The van der Waals surface area contributed by atoms with Crippen molar-refractivity contribution in [3.63, 3.8) is 0 Å². The first kappa shape index (κ1) is 44.5. The summed E-state index contributed by atoms with van der Waals surface area (Å²) in [7, 11) is 0. The number of aliphatic hydroxyl groups is 2. The third kappa shape index (κ3) is 7.89. The molecule has 0 spiro atoms. The van der Waals surface area contributed by atoms with Crippen molar-refractivity contribution in [2.75, 3.05) is 18.0 Å². The summed E-state index contributed by atoms with van der Waals surface area (Å²) in [5.41, 5.74) is 6.39.